The van der Waals surface area contributed by atoms with Gasteiger partial charge in [0.05, 0.1) is 18.8 Å². The van der Waals surface area contributed by atoms with E-state index in [9.17, 15) is 25.2 Å². The van der Waals surface area contributed by atoms with Gasteiger partial charge >= 0.3 is 0 Å². The second-order valence-corrected chi connectivity index (χ2v) is 21.0. The molecule has 4 unspecified atom stereocenters. The molecule has 6 heteroatoms. The lowest BCUT2D eigenvalue weighted by Gasteiger charge is -2.27. The zero-order valence-electron chi connectivity index (χ0n) is 45.6. The van der Waals surface area contributed by atoms with Gasteiger partial charge in [0, 0.05) is 0 Å². The molecule has 0 spiro atoms. The van der Waals surface area contributed by atoms with Crippen molar-refractivity contribution in [2.75, 3.05) is 6.61 Å². The first-order chi connectivity index (χ1) is 33.5. The molecule has 6 nitrogen and oxygen atoms in total. The molecule has 0 rings (SSSR count). The third kappa shape index (κ3) is 49.5. The molecule has 0 radical (unpaired) electrons. The van der Waals surface area contributed by atoms with Crippen molar-refractivity contribution in [2.45, 2.75) is 346 Å². The van der Waals surface area contributed by atoms with Gasteiger partial charge in [0.2, 0.25) is 5.91 Å². The van der Waals surface area contributed by atoms with Crippen molar-refractivity contribution >= 4 is 5.91 Å². The Labute approximate surface area is 424 Å². The Morgan fingerprint density at radius 1 is 0.353 bits per heavy atom. The van der Waals surface area contributed by atoms with E-state index in [1.54, 1.807) is 0 Å². The summed E-state index contributed by atoms with van der Waals surface area (Å²) in [5.41, 5.74) is 0. The van der Waals surface area contributed by atoms with Crippen molar-refractivity contribution in [3.8, 4) is 0 Å². The van der Waals surface area contributed by atoms with Crippen molar-refractivity contribution < 1.29 is 25.2 Å². The zero-order valence-corrected chi connectivity index (χ0v) is 45.6. The van der Waals surface area contributed by atoms with Crippen LogP contribution in [0.2, 0.25) is 0 Å². The van der Waals surface area contributed by atoms with Crippen molar-refractivity contribution in [1.29, 1.82) is 0 Å². The predicted octanol–water partition coefficient (Wildman–Crippen LogP) is 18.0. The minimum Gasteiger partial charge on any atom is -0.394 e. The van der Waals surface area contributed by atoms with Crippen LogP contribution in [0.5, 0.6) is 0 Å². The van der Waals surface area contributed by atoms with Crippen LogP contribution >= 0.6 is 0 Å². The van der Waals surface area contributed by atoms with Gasteiger partial charge in [-0.25, -0.2) is 0 Å². The molecular formula is C62H119NO5. The summed E-state index contributed by atoms with van der Waals surface area (Å²) >= 11 is 0. The molecule has 0 aromatic rings. The number of nitrogens with one attached hydrogen (secondary N) is 1. The minimum absolute atomic E-state index is 0.362. The van der Waals surface area contributed by atoms with E-state index in [2.05, 4.69) is 55.6 Å². The van der Waals surface area contributed by atoms with E-state index in [1.807, 2.05) is 0 Å². The van der Waals surface area contributed by atoms with Gasteiger partial charge in [-0.15, -0.1) is 0 Å². The summed E-state index contributed by atoms with van der Waals surface area (Å²) in [6, 6.07) is -1.01. The number of hydrogen-bond donors (Lipinski definition) is 5. The van der Waals surface area contributed by atoms with Crippen LogP contribution in [0.25, 0.3) is 0 Å². The van der Waals surface area contributed by atoms with Crippen LogP contribution in [0.3, 0.4) is 0 Å². The van der Waals surface area contributed by atoms with Crippen molar-refractivity contribution in [3.05, 3.63) is 36.5 Å². The summed E-state index contributed by atoms with van der Waals surface area (Å²) < 4.78 is 0. The second kappa shape index (κ2) is 56.4. The lowest BCUT2D eigenvalue weighted by Crippen LogP contribution is -2.53. The minimum atomic E-state index is -1.29. The lowest BCUT2D eigenvalue weighted by atomic mass is 10.00. The Bertz CT molecular complexity index is 1080. The third-order valence-corrected chi connectivity index (χ3v) is 14.3. The molecule has 4 atom stereocenters. The molecule has 0 aliphatic heterocycles. The van der Waals surface area contributed by atoms with E-state index in [4.69, 9.17) is 0 Å². The highest BCUT2D eigenvalue weighted by Crippen LogP contribution is 2.18. The third-order valence-electron chi connectivity index (χ3n) is 14.3. The first-order valence-electron chi connectivity index (χ1n) is 30.4. The van der Waals surface area contributed by atoms with Crippen LogP contribution in [0.1, 0.15) is 322 Å². The molecule has 0 bridgehead atoms. The fourth-order valence-corrected chi connectivity index (χ4v) is 9.56. The highest BCUT2D eigenvalue weighted by Gasteiger charge is 2.28. The molecule has 1 amide bonds. The Morgan fingerprint density at radius 2 is 0.618 bits per heavy atom. The maximum absolute atomic E-state index is 12.6. The van der Waals surface area contributed by atoms with E-state index in [1.165, 1.54) is 238 Å². The number of hydrogen-bond acceptors (Lipinski definition) is 5. The number of rotatable bonds is 56. The largest absolute Gasteiger partial charge is 0.394 e. The Kier molecular flexibility index (Phi) is 55.2. The number of aliphatic hydroxyl groups is 4. The van der Waals surface area contributed by atoms with E-state index in [0.717, 1.165) is 51.4 Å². The number of allylic oxidation sites excluding steroid dienone is 6. The fourth-order valence-electron chi connectivity index (χ4n) is 9.56. The Hall–Kier alpha value is -1.47. The molecule has 402 valence electrons. The number of aliphatic hydroxyl groups excluding tert-OH is 4. The normalized spacial score (nSPS) is 13.9. The van der Waals surface area contributed by atoms with Gasteiger partial charge in [0.1, 0.15) is 12.2 Å². The highest BCUT2D eigenvalue weighted by molar-refractivity contribution is 5.80. The molecule has 5 N–H and O–H groups in total. The maximum Gasteiger partial charge on any atom is 0.249 e. The molecule has 68 heavy (non-hydrogen) atoms. The van der Waals surface area contributed by atoms with E-state index >= 15 is 0 Å². The van der Waals surface area contributed by atoms with Crippen LogP contribution in [0.4, 0.5) is 0 Å². The average molecular weight is 959 g/mol. The Balaban J connectivity index is 3.53. The van der Waals surface area contributed by atoms with E-state index in [0.29, 0.717) is 19.3 Å². The summed E-state index contributed by atoms with van der Waals surface area (Å²) in [6.45, 7) is 4.04. The maximum atomic E-state index is 12.6. The van der Waals surface area contributed by atoms with Gasteiger partial charge in [-0.2, -0.15) is 0 Å². The summed E-state index contributed by atoms with van der Waals surface area (Å²) in [7, 11) is 0. The lowest BCUT2D eigenvalue weighted by molar-refractivity contribution is -0.132. The highest BCUT2D eigenvalue weighted by atomic mass is 16.3. The second-order valence-electron chi connectivity index (χ2n) is 21.0. The standard InChI is InChI=1S/C62H119NO5/c1-3-5-7-9-11-13-15-17-19-21-22-23-24-25-26-27-28-29-30-31-32-33-34-35-36-37-38-39-40-42-44-46-48-50-52-54-56-60(66)62(68)63-58(57-64)61(67)59(65)55-53-51-49-47-45-43-41-20-18-16-14-12-10-8-6-4-2/h12,14,20,41,47,49,58-61,64-67H,3-11,13,15-19,21-40,42-46,48,50-57H2,1-2H3,(H,63,68)/b14-12+,41-20+,49-47+. The number of carbonyl (C=O) groups excluding carboxylic acids is 1. The number of unbranched alkanes of at least 4 members (excludes halogenated alkanes) is 41. The van der Waals surface area contributed by atoms with Crippen LogP contribution in [-0.4, -0.2) is 57.3 Å². The molecule has 0 aliphatic carbocycles. The molecule has 0 fully saturated rings. The summed E-state index contributed by atoms with van der Waals surface area (Å²) in [5, 5.41) is 43.9. The van der Waals surface area contributed by atoms with Gasteiger partial charge < -0.3 is 25.7 Å². The van der Waals surface area contributed by atoms with Gasteiger partial charge in [-0.1, -0.05) is 294 Å². The molecule has 0 saturated heterocycles. The Morgan fingerprint density at radius 3 is 0.926 bits per heavy atom. The average Bonchev–Trinajstić information content (AvgIpc) is 3.34. The van der Waals surface area contributed by atoms with E-state index < -0.39 is 36.9 Å². The molecular weight excluding hydrogens is 839 g/mol. The van der Waals surface area contributed by atoms with Crippen LogP contribution in [-0.2, 0) is 4.79 Å². The van der Waals surface area contributed by atoms with Gasteiger partial charge in [-0.3, -0.25) is 4.79 Å². The number of carbonyl (C=O) groups is 1. The smallest absolute Gasteiger partial charge is 0.249 e. The van der Waals surface area contributed by atoms with Crippen molar-refractivity contribution in [2.24, 2.45) is 0 Å². The molecule has 0 heterocycles. The first-order valence-corrected chi connectivity index (χ1v) is 30.4. The van der Waals surface area contributed by atoms with Gasteiger partial charge in [-0.05, 0) is 64.2 Å². The predicted molar refractivity (Wildman–Crippen MR) is 297 cm³/mol. The summed E-state index contributed by atoms with van der Waals surface area (Å²) in [5.74, 6) is -0.595. The molecule has 0 aromatic heterocycles. The van der Waals surface area contributed by atoms with Gasteiger partial charge in [0.25, 0.3) is 0 Å². The SMILES string of the molecule is CCCCC/C=C/CC/C=C/CC/C=C/CCCC(O)C(O)C(CO)NC(=O)C(O)CCCCCCCCCCCCCCCCCCCCCCCCCCCCCCCCCCCCCC. The van der Waals surface area contributed by atoms with Crippen LogP contribution < -0.4 is 5.32 Å². The van der Waals surface area contributed by atoms with Crippen LogP contribution in [0.15, 0.2) is 36.5 Å². The molecule has 0 aliphatic rings. The molecule has 0 aromatic carbocycles. The molecule has 0 saturated carbocycles. The fraction of sp³-hybridized carbons (Fsp3) is 0.887. The monoisotopic (exact) mass is 958 g/mol. The van der Waals surface area contributed by atoms with Gasteiger partial charge in [0.15, 0.2) is 0 Å². The van der Waals surface area contributed by atoms with Crippen molar-refractivity contribution in [1.82, 2.24) is 5.32 Å². The van der Waals surface area contributed by atoms with Crippen LogP contribution in [0, 0.1) is 0 Å². The first kappa shape index (κ1) is 66.5. The zero-order chi connectivity index (χ0) is 49.5. The quantitative estimate of drug-likeness (QED) is 0.0308. The summed E-state index contributed by atoms with van der Waals surface area (Å²) in [4.78, 5) is 12.6. The number of amides is 1. The topological polar surface area (TPSA) is 110 Å². The van der Waals surface area contributed by atoms with Crippen molar-refractivity contribution in [3.63, 3.8) is 0 Å². The summed E-state index contributed by atoms with van der Waals surface area (Å²) in [6.07, 6.45) is 71.1. The van der Waals surface area contributed by atoms with E-state index in [-0.39, 0.29) is 0 Å².